The fraction of sp³-hybridized carbons (Fsp3) is 0.480. The van der Waals surface area contributed by atoms with Crippen LogP contribution in [0.5, 0.6) is 11.5 Å². The van der Waals surface area contributed by atoms with Crippen LogP contribution < -0.4 is 9.47 Å². The lowest BCUT2D eigenvalue weighted by Crippen LogP contribution is -2.44. The number of carbonyl (C=O) groups is 1. The number of sulfonamides is 1. The van der Waals surface area contributed by atoms with Crippen LogP contribution in [-0.2, 0) is 14.8 Å². The number of benzene rings is 2. The van der Waals surface area contributed by atoms with Crippen molar-refractivity contribution in [2.45, 2.75) is 43.0 Å². The van der Waals surface area contributed by atoms with Crippen LogP contribution in [0.4, 0.5) is 0 Å². The van der Waals surface area contributed by atoms with Gasteiger partial charge in [0.25, 0.3) is 0 Å². The fourth-order valence-electron chi connectivity index (χ4n) is 5.08. The van der Waals surface area contributed by atoms with E-state index in [9.17, 15) is 13.2 Å². The van der Waals surface area contributed by atoms with Gasteiger partial charge in [-0.3, -0.25) is 4.79 Å². The standard InChI is InChI=1S/C25H30N2O5S/c28-25(19-11-14-26(15-12-19)33(29,30)21-6-2-1-3-7-21)27-13-4-8-22(27)20-9-10-23-24(18-20)32-17-5-16-31-23/h1-3,6-7,9-10,18-19,22H,4-5,8,11-17H2/t22-/m0/s1. The monoisotopic (exact) mass is 470 g/mol. The van der Waals surface area contributed by atoms with Gasteiger partial charge in [-0.05, 0) is 55.5 Å². The summed E-state index contributed by atoms with van der Waals surface area (Å²) in [5.41, 5.74) is 1.08. The molecule has 1 atom stereocenters. The second-order valence-corrected chi connectivity index (χ2v) is 10.9. The lowest BCUT2D eigenvalue weighted by Gasteiger charge is -2.34. The average Bonchev–Trinajstić information content (AvgIpc) is 3.23. The van der Waals surface area contributed by atoms with Crippen molar-refractivity contribution < 1.29 is 22.7 Å². The van der Waals surface area contributed by atoms with Crippen molar-refractivity contribution >= 4 is 15.9 Å². The van der Waals surface area contributed by atoms with E-state index in [1.54, 1.807) is 30.3 Å². The zero-order valence-corrected chi connectivity index (χ0v) is 19.5. The van der Waals surface area contributed by atoms with Crippen LogP contribution in [0, 0.1) is 5.92 Å². The van der Waals surface area contributed by atoms with E-state index in [1.165, 1.54) is 4.31 Å². The van der Waals surface area contributed by atoms with Crippen LogP contribution in [0.2, 0.25) is 0 Å². The second-order valence-electron chi connectivity index (χ2n) is 8.94. The number of hydrogen-bond donors (Lipinski definition) is 0. The smallest absolute Gasteiger partial charge is 0.243 e. The highest BCUT2D eigenvalue weighted by Crippen LogP contribution is 2.39. The van der Waals surface area contributed by atoms with Gasteiger partial charge >= 0.3 is 0 Å². The highest BCUT2D eigenvalue weighted by molar-refractivity contribution is 7.89. The number of rotatable bonds is 4. The van der Waals surface area contributed by atoms with Crippen LogP contribution in [0.3, 0.4) is 0 Å². The Balaban J connectivity index is 1.26. The number of likely N-dealkylation sites (tertiary alicyclic amines) is 1. The van der Waals surface area contributed by atoms with Crippen molar-refractivity contribution in [1.29, 1.82) is 0 Å². The normalized spacial score (nSPS) is 22.2. The topological polar surface area (TPSA) is 76.2 Å². The van der Waals surface area contributed by atoms with Crippen LogP contribution in [0.1, 0.15) is 43.7 Å². The van der Waals surface area contributed by atoms with Gasteiger partial charge in [-0.2, -0.15) is 4.31 Å². The molecule has 7 nitrogen and oxygen atoms in total. The number of piperidine rings is 1. The zero-order chi connectivity index (χ0) is 22.8. The number of amides is 1. The minimum atomic E-state index is -3.51. The maximum Gasteiger partial charge on any atom is 0.243 e. The van der Waals surface area contributed by atoms with Gasteiger partial charge in [0.2, 0.25) is 15.9 Å². The second kappa shape index (κ2) is 9.35. The maximum absolute atomic E-state index is 13.5. The van der Waals surface area contributed by atoms with E-state index >= 15 is 0 Å². The molecule has 2 fully saturated rings. The number of hydrogen-bond acceptors (Lipinski definition) is 5. The van der Waals surface area contributed by atoms with E-state index in [1.807, 2.05) is 23.1 Å². The van der Waals surface area contributed by atoms with Crippen molar-refractivity contribution in [1.82, 2.24) is 9.21 Å². The van der Waals surface area contributed by atoms with Crippen molar-refractivity contribution in [3.05, 3.63) is 54.1 Å². The fourth-order valence-corrected chi connectivity index (χ4v) is 6.57. The predicted molar refractivity (Wildman–Crippen MR) is 124 cm³/mol. The summed E-state index contributed by atoms with van der Waals surface area (Å²) in [6.07, 6.45) is 3.85. The highest BCUT2D eigenvalue weighted by atomic mass is 32.2. The quantitative estimate of drug-likeness (QED) is 0.682. The zero-order valence-electron chi connectivity index (χ0n) is 18.7. The Kier molecular flexibility index (Phi) is 6.29. The third kappa shape index (κ3) is 4.46. The molecule has 2 saturated heterocycles. The first kappa shape index (κ1) is 22.2. The molecule has 3 aliphatic heterocycles. The Morgan fingerprint density at radius 2 is 1.58 bits per heavy atom. The number of carbonyl (C=O) groups excluding carboxylic acids is 1. The van der Waals surface area contributed by atoms with E-state index in [0.29, 0.717) is 44.0 Å². The van der Waals surface area contributed by atoms with Gasteiger partial charge < -0.3 is 14.4 Å². The molecule has 1 amide bonds. The lowest BCUT2D eigenvalue weighted by atomic mass is 9.95. The van der Waals surface area contributed by atoms with E-state index in [-0.39, 0.29) is 17.9 Å². The molecule has 5 rings (SSSR count). The van der Waals surface area contributed by atoms with E-state index in [0.717, 1.165) is 42.9 Å². The molecule has 176 valence electrons. The summed E-state index contributed by atoms with van der Waals surface area (Å²) in [6, 6.07) is 14.6. The SMILES string of the molecule is O=C(C1CCN(S(=O)(=O)c2ccccc2)CC1)N1CCC[C@H]1c1ccc2c(c1)OCCCO2. The number of nitrogens with zero attached hydrogens (tertiary/aromatic N) is 2. The highest BCUT2D eigenvalue weighted by Gasteiger charge is 2.38. The molecule has 2 aromatic rings. The number of fused-ring (bicyclic) bond motifs is 1. The molecular formula is C25H30N2O5S. The number of ether oxygens (including phenoxy) is 2. The van der Waals surface area contributed by atoms with E-state index in [4.69, 9.17) is 9.47 Å². The molecule has 2 aromatic carbocycles. The summed E-state index contributed by atoms with van der Waals surface area (Å²) in [7, 11) is -3.51. The van der Waals surface area contributed by atoms with Gasteiger partial charge in [0.05, 0.1) is 24.2 Å². The molecule has 0 aliphatic carbocycles. The third-order valence-electron chi connectivity index (χ3n) is 6.88. The Morgan fingerprint density at radius 1 is 0.848 bits per heavy atom. The lowest BCUT2D eigenvalue weighted by molar-refractivity contribution is -0.137. The summed E-state index contributed by atoms with van der Waals surface area (Å²) >= 11 is 0. The third-order valence-corrected chi connectivity index (χ3v) is 8.79. The minimum Gasteiger partial charge on any atom is -0.490 e. The van der Waals surface area contributed by atoms with Crippen molar-refractivity contribution in [2.75, 3.05) is 32.8 Å². The first-order chi connectivity index (χ1) is 16.0. The molecule has 0 aromatic heterocycles. The molecule has 3 heterocycles. The summed E-state index contributed by atoms with van der Waals surface area (Å²) in [4.78, 5) is 15.8. The van der Waals surface area contributed by atoms with Gasteiger partial charge in [-0.15, -0.1) is 0 Å². The van der Waals surface area contributed by atoms with Gasteiger partial charge in [-0.25, -0.2) is 8.42 Å². The maximum atomic E-state index is 13.5. The van der Waals surface area contributed by atoms with Gasteiger partial charge in [0.15, 0.2) is 11.5 Å². The van der Waals surface area contributed by atoms with E-state index in [2.05, 4.69) is 0 Å². The minimum absolute atomic E-state index is 0.0285. The average molecular weight is 471 g/mol. The first-order valence-corrected chi connectivity index (χ1v) is 13.2. The van der Waals surface area contributed by atoms with Crippen molar-refractivity contribution in [3.63, 3.8) is 0 Å². The van der Waals surface area contributed by atoms with Crippen LogP contribution >= 0.6 is 0 Å². The molecule has 0 N–H and O–H groups in total. The van der Waals surface area contributed by atoms with Crippen LogP contribution in [-0.4, -0.2) is 56.4 Å². The molecule has 33 heavy (non-hydrogen) atoms. The van der Waals surface area contributed by atoms with Gasteiger partial charge in [0.1, 0.15) is 0 Å². The van der Waals surface area contributed by atoms with Crippen molar-refractivity contribution in [3.8, 4) is 11.5 Å². The summed E-state index contributed by atoms with van der Waals surface area (Å²) in [5, 5.41) is 0. The summed E-state index contributed by atoms with van der Waals surface area (Å²) in [5.74, 6) is 1.51. The van der Waals surface area contributed by atoms with E-state index < -0.39 is 10.0 Å². The molecule has 0 radical (unpaired) electrons. The Bertz CT molecular complexity index is 1100. The van der Waals surface area contributed by atoms with Crippen LogP contribution in [0.25, 0.3) is 0 Å². The molecular weight excluding hydrogens is 440 g/mol. The molecule has 0 unspecified atom stereocenters. The Hall–Kier alpha value is -2.58. The molecule has 3 aliphatic rings. The van der Waals surface area contributed by atoms with Gasteiger partial charge in [0, 0.05) is 32.0 Å². The molecule has 8 heteroatoms. The first-order valence-electron chi connectivity index (χ1n) is 11.8. The Morgan fingerprint density at radius 3 is 2.33 bits per heavy atom. The summed E-state index contributed by atoms with van der Waals surface area (Å²) in [6.45, 7) is 2.76. The van der Waals surface area contributed by atoms with Crippen LogP contribution in [0.15, 0.2) is 53.4 Å². The summed E-state index contributed by atoms with van der Waals surface area (Å²) < 4.78 is 38.9. The Labute approximate surface area is 195 Å². The molecule has 0 spiro atoms. The molecule has 0 saturated carbocycles. The molecule has 0 bridgehead atoms. The van der Waals surface area contributed by atoms with Crippen molar-refractivity contribution in [2.24, 2.45) is 5.92 Å². The van der Waals surface area contributed by atoms with Gasteiger partial charge in [-0.1, -0.05) is 24.3 Å². The largest absolute Gasteiger partial charge is 0.490 e. The predicted octanol–water partition coefficient (Wildman–Crippen LogP) is 3.61.